The fourth-order valence-electron chi connectivity index (χ4n) is 4.09. The molecule has 6 nitrogen and oxygen atoms in total. The van der Waals surface area contributed by atoms with Crippen molar-refractivity contribution in [3.8, 4) is 11.5 Å². The van der Waals surface area contributed by atoms with Crippen molar-refractivity contribution in [3.63, 3.8) is 0 Å². The first-order valence-corrected chi connectivity index (χ1v) is 10.7. The molecule has 2 aromatic rings. The van der Waals surface area contributed by atoms with Crippen molar-refractivity contribution >= 4 is 23.7 Å². The molecule has 1 amide bonds. The molecule has 164 valence electrons. The van der Waals surface area contributed by atoms with Gasteiger partial charge in [0.2, 0.25) is 6.41 Å². The molecule has 2 aromatic carbocycles. The monoisotopic (exact) mass is 423 g/mol. The Kier molecular flexibility index (Phi) is 7.45. The molecule has 0 aromatic heterocycles. The third-order valence-corrected chi connectivity index (χ3v) is 5.84. The molecule has 2 unspecified atom stereocenters. The number of unbranched alkanes of at least 4 members (excludes halogenated alkanes) is 1. The number of phenols is 1. The van der Waals surface area contributed by atoms with Crippen molar-refractivity contribution in [2.45, 2.75) is 52.0 Å². The van der Waals surface area contributed by atoms with Crippen LogP contribution in [0.5, 0.6) is 11.5 Å². The average molecular weight is 424 g/mol. The highest BCUT2D eigenvalue weighted by molar-refractivity contribution is 6.10. The minimum atomic E-state index is -0.530. The quantitative estimate of drug-likeness (QED) is 0.454. The lowest BCUT2D eigenvalue weighted by molar-refractivity contribution is -0.117. The van der Waals surface area contributed by atoms with Gasteiger partial charge in [0, 0.05) is 30.5 Å². The van der Waals surface area contributed by atoms with Crippen LogP contribution in [0.1, 0.15) is 55.5 Å². The zero-order valence-electron chi connectivity index (χ0n) is 18.0. The lowest BCUT2D eigenvalue weighted by atomic mass is 9.81. The Morgan fingerprint density at radius 1 is 1.19 bits per heavy atom. The summed E-state index contributed by atoms with van der Waals surface area (Å²) in [6, 6.07) is 12.9. The molecule has 1 heterocycles. The average Bonchev–Trinajstić information content (AvgIpc) is 2.74. The maximum absolute atomic E-state index is 13.0. The maximum Gasteiger partial charge on any atom is 0.214 e. The summed E-state index contributed by atoms with van der Waals surface area (Å²) >= 11 is 0. The van der Waals surface area contributed by atoms with Crippen LogP contribution in [-0.4, -0.2) is 35.7 Å². The van der Waals surface area contributed by atoms with Crippen LogP contribution >= 0.6 is 0 Å². The first kappa shape index (κ1) is 22.5. The second kappa shape index (κ2) is 10.2. The third-order valence-electron chi connectivity index (χ3n) is 5.84. The zero-order chi connectivity index (χ0) is 22.4. The zero-order valence-corrected chi connectivity index (χ0v) is 18.0. The highest BCUT2D eigenvalue weighted by Crippen LogP contribution is 2.42. The number of carbonyl (C=O) groups is 3. The SMILES string of the molecule is CC(=O)CCC1C(=O)c2c(O)cc(OCCCCc3ccccc3)cc2N(C=O)C1C. The number of aromatic hydroxyl groups is 1. The molecule has 3 rings (SSSR count). The van der Waals surface area contributed by atoms with Gasteiger partial charge in [-0.05, 0) is 45.1 Å². The summed E-state index contributed by atoms with van der Waals surface area (Å²) in [5, 5.41) is 10.5. The standard InChI is InChI=1S/C25H29NO5/c1-17(28)11-12-21-18(2)26(16-27)22-14-20(15-23(29)24(22)25(21)30)31-13-7-6-10-19-8-4-3-5-9-19/h3-5,8-9,14-16,18,21,29H,6-7,10-13H2,1-2H3. The summed E-state index contributed by atoms with van der Waals surface area (Å²) in [6.07, 6.45) is 4.04. The summed E-state index contributed by atoms with van der Waals surface area (Å²) in [7, 11) is 0. The normalized spacial score (nSPS) is 17.9. The van der Waals surface area contributed by atoms with Crippen LogP contribution < -0.4 is 9.64 Å². The van der Waals surface area contributed by atoms with E-state index in [1.54, 1.807) is 13.0 Å². The predicted molar refractivity (Wildman–Crippen MR) is 119 cm³/mol. The van der Waals surface area contributed by atoms with E-state index in [2.05, 4.69) is 12.1 Å². The van der Waals surface area contributed by atoms with E-state index >= 15 is 0 Å². The number of anilines is 1. The van der Waals surface area contributed by atoms with Crippen molar-refractivity contribution in [1.29, 1.82) is 0 Å². The molecular weight excluding hydrogens is 394 g/mol. The number of fused-ring (bicyclic) bond motifs is 1. The topological polar surface area (TPSA) is 83.9 Å². The fraction of sp³-hybridized carbons (Fsp3) is 0.400. The summed E-state index contributed by atoms with van der Waals surface area (Å²) in [5.74, 6) is -0.562. The predicted octanol–water partition coefficient (Wildman–Crippen LogP) is 4.33. The molecule has 1 aliphatic rings. The van der Waals surface area contributed by atoms with E-state index in [0.29, 0.717) is 30.9 Å². The van der Waals surface area contributed by atoms with E-state index in [1.807, 2.05) is 18.2 Å². The second-order valence-corrected chi connectivity index (χ2v) is 8.09. The number of ketones is 2. The minimum Gasteiger partial charge on any atom is -0.507 e. The first-order valence-electron chi connectivity index (χ1n) is 10.7. The Balaban J connectivity index is 1.69. The molecule has 0 fully saturated rings. The van der Waals surface area contributed by atoms with E-state index in [9.17, 15) is 19.5 Å². The highest BCUT2D eigenvalue weighted by atomic mass is 16.5. The van der Waals surface area contributed by atoms with Gasteiger partial charge >= 0.3 is 0 Å². The number of rotatable bonds is 10. The number of amides is 1. The number of hydrogen-bond donors (Lipinski definition) is 1. The fourth-order valence-corrected chi connectivity index (χ4v) is 4.09. The number of benzene rings is 2. The van der Waals surface area contributed by atoms with Gasteiger partial charge in [-0.2, -0.15) is 0 Å². The Hall–Kier alpha value is -3.15. The lowest BCUT2D eigenvalue weighted by Gasteiger charge is -2.37. The molecule has 1 aliphatic heterocycles. The molecule has 0 saturated carbocycles. The van der Waals surface area contributed by atoms with Gasteiger partial charge in [0.15, 0.2) is 5.78 Å². The number of carbonyl (C=O) groups excluding carboxylic acids is 3. The van der Waals surface area contributed by atoms with E-state index in [1.165, 1.54) is 23.5 Å². The number of phenolic OH excluding ortho intramolecular Hbond substituents is 1. The number of Topliss-reactive ketones (excluding diaryl/α,β-unsaturated/α-hetero) is 2. The van der Waals surface area contributed by atoms with Crippen LogP contribution in [0.25, 0.3) is 0 Å². The Bertz CT molecular complexity index is 940. The van der Waals surface area contributed by atoms with Crippen molar-refractivity contribution < 1.29 is 24.2 Å². The van der Waals surface area contributed by atoms with Crippen LogP contribution in [0.2, 0.25) is 0 Å². The lowest BCUT2D eigenvalue weighted by Crippen LogP contribution is -2.46. The second-order valence-electron chi connectivity index (χ2n) is 8.09. The van der Waals surface area contributed by atoms with Gasteiger partial charge in [-0.1, -0.05) is 30.3 Å². The van der Waals surface area contributed by atoms with Gasteiger partial charge in [-0.3, -0.25) is 9.59 Å². The first-order chi connectivity index (χ1) is 14.9. The summed E-state index contributed by atoms with van der Waals surface area (Å²) in [5.41, 5.74) is 1.75. The number of ether oxygens (including phenoxy) is 1. The van der Waals surface area contributed by atoms with Crippen LogP contribution in [0.4, 0.5) is 5.69 Å². The molecule has 31 heavy (non-hydrogen) atoms. The molecular formula is C25H29NO5. The number of nitrogens with zero attached hydrogens (tertiary/aromatic N) is 1. The van der Waals surface area contributed by atoms with Gasteiger partial charge < -0.3 is 19.5 Å². The smallest absolute Gasteiger partial charge is 0.214 e. The van der Waals surface area contributed by atoms with Crippen LogP contribution in [0, 0.1) is 5.92 Å². The minimum absolute atomic E-state index is 0.0105. The van der Waals surface area contributed by atoms with E-state index < -0.39 is 12.0 Å². The van der Waals surface area contributed by atoms with Crippen molar-refractivity contribution in [2.75, 3.05) is 11.5 Å². The molecule has 2 atom stereocenters. The Morgan fingerprint density at radius 3 is 2.61 bits per heavy atom. The van der Waals surface area contributed by atoms with Crippen molar-refractivity contribution in [3.05, 3.63) is 53.6 Å². The molecule has 1 N–H and O–H groups in total. The molecule has 6 heteroatoms. The number of aryl methyl sites for hydroxylation is 1. The Labute approximate surface area is 182 Å². The molecule has 0 radical (unpaired) electrons. The number of hydrogen-bond acceptors (Lipinski definition) is 5. The van der Waals surface area contributed by atoms with Crippen LogP contribution in [0.15, 0.2) is 42.5 Å². The molecule has 0 saturated heterocycles. The van der Waals surface area contributed by atoms with Gasteiger partial charge in [-0.25, -0.2) is 0 Å². The van der Waals surface area contributed by atoms with Gasteiger partial charge in [0.25, 0.3) is 0 Å². The van der Waals surface area contributed by atoms with Crippen molar-refractivity contribution in [2.24, 2.45) is 5.92 Å². The summed E-state index contributed by atoms with van der Waals surface area (Å²) in [6.45, 7) is 3.73. The van der Waals surface area contributed by atoms with Gasteiger partial charge in [0.1, 0.15) is 17.3 Å². The van der Waals surface area contributed by atoms with Crippen LogP contribution in [-0.2, 0) is 16.0 Å². The van der Waals surface area contributed by atoms with Gasteiger partial charge in [0.05, 0.1) is 17.9 Å². The summed E-state index contributed by atoms with van der Waals surface area (Å²) in [4.78, 5) is 37.6. The summed E-state index contributed by atoms with van der Waals surface area (Å²) < 4.78 is 5.80. The molecule has 0 bridgehead atoms. The van der Waals surface area contributed by atoms with Crippen molar-refractivity contribution in [1.82, 2.24) is 0 Å². The highest BCUT2D eigenvalue weighted by Gasteiger charge is 2.39. The molecule has 0 aliphatic carbocycles. The molecule has 0 spiro atoms. The van der Waals surface area contributed by atoms with Crippen LogP contribution in [0.3, 0.4) is 0 Å². The third kappa shape index (κ3) is 5.32. The largest absolute Gasteiger partial charge is 0.507 e. The maximum atomic E-state index is 13.0. The van der Waals surface area contributed by atoms with E-state index in [0.717, 1.165) is 19.3 Å². The van der Waals surface area contributed by atoms with E-state index in [-0.39, 0.29) is 29.3 Å². The Morgan fingerprint density at radius 2 is 1.94 bits per heavy atom. The van der Waals surface area contributed by atoms with Gasteiger partial charge in [-0.15, -0.1) is 0 Å². The van der Waals surface area contributed by atoms with E-state index in [4.69, 9.17) is 4.74 Å².